The standard InChI is InChI=1S/C39H46N6O5S/c1-47-26-6-2-3-7-27-48-32-20-16-31(17-21-32)44-24-22-34(23-25-44)49-33-18-14-29(15-19-33)38-42-41-37(51-38)28-10-12-30(13-11-28)39(46)50-45-36-9-5-4-8-35(36)40-43-45/h4-5,8-15,18-19,31-32,34H,2-3,6-7,16-17,20-27H2,1H3. The highest BCUT2D eigenvalue weighted by Crippen LogP contribution is 2.32. The first kappa shape index (κ1) is 35.2. The Bertz CT molecular complexity index is 1830. The molecule has 0 bridgehead atoms. The van der Waals surface area contributed by atoms with Crippen molar-refractivity contribution in [2.45, 2.75) is 82.5 Å². The highest BCUT2D eigenvalue weighted by Gasteiger charge is 2.30. The number of piperidine rings is 1. The van der Waals surface area contributed by atoms with Crippen molar-refractivity contribution < 1.29 is 23.8 Å². The van der Waals surface area contributed by atoms with Crippen LogP contribution in [0.15, 0.2) is 72.8 Å². The molecule has 0 spiro atoms. The summed E-state index contributed by atoms with van der Waals surface area (Å²) in [5.41, 5.74) is 3.52. The number of hydrogen-bond acceptors (Lipinski definition) is 11. The van der Waals surface area contributed by atoms with Gasteiger partial charge in [0.15, 0.2) is 0 Å². The Balaban J connectivity index is 0.833. The molecule has 0 N–H and O–H groups in total. The predicted octanol–water partition coefficient (Wildman–Crippen LogP) is 7.26. The molecular formula is C39H46N6O5S. The molecule has 5 aromatic rings. The van der Waals surface area contributed by atoms with E-state index < -0.39 is 5.97 Å². The van der Waals surface area contributed by atoms with Crippen LogP contribution in [-0.2, 0) is 9.47 Å². The number of hydrogen-bond donors (Lipinski definition) is 0. The van der Waals surface area contributed by atoms with Crippen molar-refractivity contribution in [3.63, 3.8) is 0 Å². The van der Waals surface area contributed by atoms with E-state index in [4.69, 9.17) is 19.0 Å². The molecule has 268 valence electrons. The number of carbonyl (C=O) groups excluding carboxylic acids is 1. The Morgan fingerprint density at radius 2 is 1.41 bits per heavy atom. The first-order valence-corrected chi connectivity index (χ1v) is 19.0. The molecule has 2 fully saturated rings. The topological polar surface area (TPSA) is 114 Å². The fourth-order valence-corrected chi connectivity index (χ4v) is 7.86. The maximum absolute atomic E-state index is 12.7. The van der Waals surface area contributed by atoms with Crippen LogP contribution >= 0.6 is 11.3 Å². The molecule has 0 amide bonds. The van der Waals surface area contributed by atoms with Crippen molar-refractivity contribution in [3.8, 4) is 26.9 Å². The number of rotatable bonds is 15. The molecule has 3 aromatic carbocycles. The summed E-state index contributed by atoms with van der Waals surface area (Å²) in [6.07, 6.45) is 12.4. The molecular weight excluding hydrogens is 665 g/mol. The van der Waals surface area contributed by atoms with Gasteiger partial charge in [0.25, 0.3) is 0 Å². The number of methoxy groups -OCH3 is 1. The summed E-state index contributed by atoms with van der Waals surface area (Å²) in [5, 5.41) is 18.4. The van der Waals surface area contributed by atoms with E-state index in [1.54, 1.807) is 25.3 Å². The zero-order valence-electron chi connectivity index (χ0n) is 29.2. The molecule has 12 heteroatoms. The first-order chi connectivity index (χ1) is 25.1. The Hall–Kier alpha value is -4.23. The molecule has 2 aliphatic rings. The minimum Gasteiger partial charge on any atom is -0.490 e. The van der Waals surface area contributed by atoms with Crippen LogP contribution in [0, 0.1) is 0 Å². The number of carbonyl (C=O) groups is 1. The summed E-state index contributed by atoms with van der Waals surface area (Å²) in [6.45, 7) is 3.95. The van der Waals surface area contributed by atoms with Crippen LogP contribution in [0.4, 0.5) is 0 Å². The van der Waals surface area contributed by atoms with Gasteiger partial charge in [-0.1, -0.05) is 53.3 Å². The Kier molecular flexibility index (Phi) is 12.0. The van der Waals surface area contributed by atoms with Gasteiger partial charge in [-0.3, -0.25) is 0 Å². The van der Waals surface area contributed by atoms with Crippen molar-refractivity contribution >= 4 is 28.3 Å². The minimum absolute atomic E-state index is 0.236. The smallest absolute Gasteiger partial charge is 0.365 e. The van der Waals surface area contributed by atoms with Gasteiger partial charge in [0.2, 0.25) is 0 Å². The first-order valence-electron chi connectivity index (χ1n) is 18.2. The van der Waals surface area contributed by atoms with Crippen LogP contribution in [0.2, 0.25) is 0 Å². The highest BCUT2D eigenvalue weighted by molar-refractivity contribution is 7.17. The maximum atomic E-state index is 12.7. The fourth-order valence-electron chi connectivity index (χ4n) is 7.01. The van der Waals surface area contributed by atoms with Gasteiger partial charge in [0.1, 0.15) is 32.9 Å². The second-order valence-corrected chi connectivity index (χ2v) is 14.4. The molecule has 0 atom stereocenters. The number of aromatic nitrogens is 5. The molecule has 0 unspecified atom stereocenters. The minimum atomic E-state index is -0.525. The van der Waals surface area contributed by atoms with Gasteiger partial charge in [-0.15, -0.1) is 15.3 Å². The van der Waals surface area contributed by atoms with E-state index in [1.807, 2.05) is 54.6 Å². The zero-order chi connectivity index (χ0) is 34.8. The van der Waals surface area contributed by atoms with Gasteiger partial charge >= 0.3 is 5.97 Å². The van der Waals surface area contributed by atoms with Gasteiger partial charge in [-0.2, -0.15) is 0 Å². The number of fused-ring (bicyclic) bond motifs is 1. The molecule has 1 aliphatic heterocycles. The van der Waals surface area contributed by atoms with Crippen LogP contribution in [-0.4, -0.2) is 87.9 Å². The largest absolute Gasteiger partial charge is 0.490 e. The van der Waals surface area contributed by atoms with E-state index in [-0.39, 0.29) is 6.10 Å². The van der Waals surface area contributed by atoms with E-state index >= 15 is 0 Å². The molecule has 11 nitrogen and oxygen atoms in total. The molecule has 2 aromatic heterocycles. The summed E-state index contributed by atoms with van der Waals surface area (Å²) in [5.74, 6) is 0.363. The monoisotopic (exact) mass is 710 g/mol. The van der Waals surface area contributed by atoms with Crippen molar-refractivity contribution in [1.82, 2.24) is 30.3 Å². The molecule has 0 radical (unpaired) electrons. The molecule has 1 saturated heterocycles. The molecule has 3 heterocycles. The van der Waals surface area contributed by atoms with E-state index in [0.717, 1.165) is 83.7 Å². The lowest BCUT2D eigenvalue weighted by Crippen LogP contribution is -2.46. The number of unbranched alkanes of at least 4 members (excludes halogenated alkanes) is 3. The second kappa shape index (κ2) is 17.3. The number of benzene rings is 3. The Morgan fingerprint density at radius 1 is 0.745 bits per heavy atom. The number of likely N-dealkylation sites (tertiary alicyclic amines) is 1. The predicted molar refractivity (Wildman–Crippen MR) is 197 cm³/mol. The number of para-hydroxylation sites is 1. The van der Waals surface area contributed by atoms with Crippen LogP contribution in [0.5, 0.6) is 5.75 Å². The SMILES string of the molecule is COCCCCCCOC1CCC(N2CCC(Oc3ccc(-c4nnc(-c5ccc(C(=O)On6nnc7ccccc76)cc5)s4)cc3)CC2)CC1. The third-order valence-electron chi connectivity index (χ3n) is 9.92. The third-order valence-corrected chi connectivity index (χ3v) is 10.9. The average Bonchev–Trinajstić information content (AvgIpc) is 3.84. The van der Waals surface area contributed by atoms with Gasteiger partial charge in [0.05, 0.1) is 11.7 Å². The summed E-state index contributed by atoms with van der Waals surface area (Å²) in [7, 11) is 1.77. The molecule has 7 rings (SSSR count). The van der Waals surface area contributed by atoms with Crippen molar-refractivity contribution in [1.29, 1.82) is 0 Å². The Labute approximate surface area is 302 Å². The van der Waals surface area contributed by atoms with Crippen LogP contribution < -0.4 is 9.57 Å². The summed E-state index contributed by atoms with van der Waals surface area (Å²) in [6, 6.07) is 23.2. The fraction of sp³-hybridized carbons (Fsp3) is 0.462. The zero-order valence-corrected chi connectivity index (χ0v) is 30.0. The van der Waals surface area contributed by atoms with E-state index in [0.29, 0.717) is 28.7 Å². The van der Waals surface area contributed by atoms with E-state index in [9.17, 15) is 4.79 Å². The normalized spacial score (nSPS) is 18.6. The van der Waals surface area contributed by atoms with Crippen molar-refractivity contribution in [2.24, 2.45) is 0 Å². The van der Waals surface area contributed by atoms with Gasteiger partial charge in [-0.05, 0) is 105 Å². The Morgan fingerprint density at radius 3 is 2.12 bits per heavy atom. The number of ether oxygens (including phenoxy) is 3. The second-order valence-electron chi connectivity index (χ2n) is 13.4. The molecule has 1 aliphatic carbocycles. The lowest BCUT2D eigenvalue weighted by atomic mass is 9.90. The summed E-state index contributed by atoms with van der Waals surface area (Å²) in [4.78, 5) is 22.0. The van der Waals surface area contributed by atoms with Crippen molar-refractivity contribution in [2.75, 3.05) is 33.4 Å². The van der Waals surface area contributed by atoms with Gasteiger partial charge in [0, 0.05) is 50.6 Å². The summed E-state index contributed by atoms with van der Waals surface area (Å²) >= 11 is 1.50. The number of nitrogens with zero attached hydrogens (tertiary/aromatic N) is 6. The van der Waals surface area contributed by atoms with E-state index in [1.165, 1.54) is 49.9 Å². The van der Waals surface area contributed by atoms with E-state index in [2.05, 4.69) is 25.4 Å². The van der Waals surface area contributed by atoms with Crippen LogP contribution in [0.25, 0.3) is 32.2 Å². The third kappa shape index (κ3) is 9.17. The van der Waals surface area contributed by atoms with Crippen molar-refractivity contribution in [3.05, 3.63) is 78.4 Å². The lowest BCUT2D eigenvalue weighted by Gasteiger charge is -2.40. The lowest BCUT2D eigenvalue weighted by molar-refractivity contribution is -0.00422. The quantitative estimate of drug-likeness (QED) is 0.0813. The average molecular weight is 711 g/mol. The highest BCUT2D eigenvalue weighted by atomic mass is 32.1. The summed E-state index contributed by atoms with van der Waals surface area (Å²) < 4.78 is 17.7. The van der Waals surface area contributed by atoms with Gasteiger partial charge in [-0.25, -0.2) is 4.79 Å². The van der Waals surface area contributed by atoms with Crippen LogP contribution in [0.3, 0.4) is 0 Å². The maximum Gasteiger partial charge on any atom is 0.365 e. The molecule has 51 heavy (non-hydrogen) atoms. The van der Waals surface area contributed by atoms with Crippen LogP contribution in [0.1, 0.15) is 74.6 Å². The molecule has 1 saturated carbocycles. The van der Waals surface area contributed by atoms with Gasteiger partial charge < -0.3 is 23.9 Å².